The molecule has 0 atom stereocenters. The maximum absolute atomic E-state index is 4.96. The summed E-state index contributed by atoms with van der Waals surface area (Å²) in [7, 11) is 0. The Bertz CT molecular complexity index is 472. The summed E-state index contributed by atoms with van der Waals surface area (Å²) in [4.78, 5) is 12.2. The zero-order chi connectivity index (χ0) is 9.26. The minimum Gasteiger partial charge on any atom is -0.345 e. The van der Waals surface area contributed by atoms with E-state index in [1.807, 2.05) is 19.2 Å². The molecule has 0 unspecified atom stereocenters. The van der Waals surface area contributed by atoms with Crippen LogP contribution in [-0.2, 0) is 0 Å². The van der Waals surface area contributed by atoms with E-state index in [2.05, 4.69) is 15.0 Å². The predicted molar refractivity (Wildman–Crippen MR) is 55.3 cm³/mol. The van der Waals surface area contributed by atoms with E-state index in [1.165, 1.54) is 0 Å². The lowest BCUT2D eigenvalue weighted by atomic mass is 10.4. The number of nitrogens with zero attached hydrogens (tertiary/aromatic N) is 2. The lowest BCUT2D eigenvalue weighted by Gasteiger charge is -1.94. The Morgan fingerprint density at radius 2 is 2.31 bits per heavy atom. The minimum atomic E-state index is 0.597. The van der Waals surface area contributed by atoms with E-state index in [-0.39, 0.29) is 0 Å². The van der Waals surface area contributed by atoms with Crippen LogP contribution in [0.1, 0.15) is 5.01 Å². The lowest BCUT2D eigenvalue weighted by Crippen LogP contribution is -1.81. The molecule has 66 valence electrons. The van der Waals surface area contributed by atoms with Gasteiger partial charge in [-0.1, -0.05) is 12.2 Å². The number of hydrogen-bond donors (Lipinski definition) is 1. The van der Waals surface area contributed by atoms with E-state index in [4.69, 9.17) is 12.2 Å². The van der Waals surface area contributed by atoms with Gasteiger partial charge in [0.2, 0.25) is 0 Å². The highest BCUT2D eigenvalue weighted by Gasteiger charge is 2.00. The molecule has 5 heteroatoms. The lowest BCUT2D eigenvalue weighted by molar-refractivity contribution is 1.16. The Balaban J connectivity index is 2.52. The van der Waals surface area contributed by atoms with E-state index in [0.29, 0.717) is 4.64 Å². The zero-order valence-electron chi connectivity index (χ0n) is 6.94. The first-order valence-corrected chi connectivity index (χ1v) is 4.96. The molecule has 13 heavy (non-hydrogen) atoms. The number of aromatic amines is 1. The largest absolute Gasteiger partial charge is 0.345 e. The van der Waals surface area contributed by atoms with Crippen LogP contribution >= 0.6 is 23.6 Å². The van der Waals surface area contributed by atoms with Crippen LogP contribution < -0.4 is 0 Å². The van der Waals surface area contributed by atoms with Gasteiger partial charge in [-0.3, -0.25) is 0 Å². The van der Waals surface area contributed by atoms with E-state index in [9.17, 15) is 0 Å². The topological polar surface area (TPSA) is 41.6 Å². The molecule has 0 saturated carbocycles. The Hall–Kier alpha value is -1.07. The first-order chi connectivity index (χ1) is 6.25. The molecule has 2 rings (SSSR count). The van der Waals surface area contributed by atoms with Crippen molar-refractivity contribution < 1.29 is 0 Å². The third-order valence-corrected chi connectivity index (χ3v) is 2.74. The molecule has 0 amide bonds. The molecule has 0 aliphatic carbocycles. The zero-order valence-corrected chi connectivity index (χ0v) is 8.58. The van der Waals surface area contributed by atoms with Gasteiger partial charge < -0.3 is 4.98 Å². The summed E-state index contributed by atoms with van der Waals surface area (Å²) in [6.07, 6.45) is 3.44. The molecular formula is C8H7N3S2. The van der Waals surface area contributed by atoms with Crippen LogP contribution in [0.25, 0.3) is 10.6 Å². The van der Waals surface area contributed by atoms with Gasteiger partial charge in [-0.25, -0.2) is 9.97 Å². The van der Waals surface area contributed by atoms with Crippen LogP contribution in [0.3, 0.4) is 0 Å². The summed E-state index contributed by atoms with van der Waals surface area (Å²) < 4.78 is 0.597. The van der Waals surface area contributed by atoms with Crippen molar-refractivity contribution >= 4 is 23.6 Å². The molecule has 0 aliphatic rings. The molecule has 0 bridgehead atoms. The predicted octanol–water partition coefficient (Wildman–Crippen LogP) is 2.57. The monoisotopic (exact) mass is 209 g/mol. The van der Waals surface area contributed by atoms with Crippen molar-refractivity contribution in [3.63, 3.8) is 0 Å². The van der Waals surface area contributed by atoms with Gasteiger partial charge in [-0.05, 0) is 13.0 Å². The molecule has 1 N–H and O–H groups in total. The van der Waals surface area contributed by atoms with Crippen LogP contribution in [0.15, 0.2) is 18.6 Å². The van der Waals surface area contributed by atoms with Crippen LogP contribution in [0.5, 0.6) is 0 Å². The Morgan fingerprint density at radius 1 is 1.46 bits per heavy atom. The molecule has 2 aromatic heterocycles. The molecule has 0 radical (unpaired) electrons. The average molecular weight is 209 g/mol. The maximum Gasteiger partial charge on any atom is 0.130 e. The van der Waals surface area contributed by atoms with E-state index in [0.717, 1.165) is 15.6 Å². The Kier molecular flexibility index (Phi) is 2.20. The van der Waals surface area contributed by atoms with Crippen molar-refractivity contribution in [3.05, 3.63) is 28.2 Å². The highest BCUT2D eigenvalue weighted by atomic mass is 32.1. The summed E-state index contributed by atoms with van der Waals surface area (Å²) in [6.45, 7) is 1.98. The molecule has 0 spiro atoms. The Morgan fingerprint density at radius 3 is 2.92 bits per heavy atom. The number of hydrogen-bond acceptors (Lipinski definition) is 4. The molecular weight excluding hydrogens is 202 g/mol. The van der Waals surface area contributed by atoms with Crippen molar-refractivity contribution in [2.24, 2.45) is 0 Å². The SMILES string of the molecule is Cc1ncc(-c2cc(=S)nc[nH]2)s1. The van der Waals surface area contributed by atoms with E-state index in [1.54, 1.807) is 17.7 Å². The van der Waals surface area contributed by atoms with Gasteiger partial charge in [0.15, 0.2) is 0 Å². The highest BCUT2D eigenvalue weighted by molar-refractivity contribution is 7.71. The normalized spacial score (nSPS) is 10.2. The van der Waals surface area contributed by atoms with Gasteiger partial charge in [-0.15, -0.1) is 11.3 Å². The molecule has 0 fully saturated rings. The molecule has 0 aliphatic heterocycles. The molecule has 3 nitrogen and oxygen atoms in total. The van der Waals surface area contributed by atoms with Crippen molar-refractivity contribution in [2.45, 2.75) is 6.92 Å². The molecule has 2 aromatic rings. The van der Waals surface area contributed by atoms with Crippen molar-refractivity contribution in [3.8, 4) is 10.6 Å². The van der Waals surface area contributed by atoms with Crippen LogP contribution in [-0.4, -0.2) is 15.0 Å². The second-order valence-corrected chi connectivity index (χ2v) is 4.20. The Labute approximate surface area is 84.5 Å². The van der Waals surface area contributed by atoms with Crippen LogP contribution in [0.4, 0.5) is 0 Å². The number of H-pyrrole nitrogens is 1. The quantitative estimate of drug-likeness (QED) is 0.734. The molecule has 2 heterocycles. The number of aryl methyl sites for hydroxylation is 1. The fourth-order valence-electron chi connectivity index (χ4n) is 0.996. The van der Waals surface area contributed by atoms with Gasteiger partial charge in [-0.2, -0.15) is 0 Å². The van der Waals surface area contributed by atoms with Crippen molar-refractivity contribution in [1.29, 1.82) is 0 Å². The average Bonchev–Trinajstić information content (AvgIpc) is 2.52. The number of rotatable bonds is 1. The fraction of sp³-hybridized carbons (Fsp3) is 0.125. The summed E-state index contributed by atoms with van der Waals surface area (Å²) in [5.74, 6) is 0. The summed E-state index contributed by atoms with van der Waals surface area (Å²) in [6, 6.07) is 1.84. The third kappa shape index (κ3) is 1.81. The maximum atomic E-state index is 4.96. The number of aromatic nitrogens is 3. The van der Waals surface area contributed by atoms with Gasteiger partial charge in [0, 0.05) is 6.20 Å². The van der Waals surface area contributed by atoms with E-state index < -0.39 is 0 Å². The van der Waals surface area contributed by atoms with Gasteiger partial charge in [0.05, 0.1) is 21.9 Å². The van der Waals surface area contributed by atoms with Gasteiger partial charge >= 0.3 is 0 Å². The second-order valence-electron chi connectivity index (χ2n) is 2.54. The number of nitrogens with one attached hydrogen (secondary N) is 1. The molecule has 0 saturated heterocycles. The summed E-state index contributed by atoms with van der Waals surface area (Å²) in [5, 5.41) is 1.05. The summed E-state index contributed by atoms with van der Waals surface area (Å²) in [5.41, 5.74) is 0.977. The summed E-state index contributed by atoms with van der Waals surface area (Å²) >= 11 is 6.59. The first-order valence-electron chi connectivity index (χ1n) is 3.73. The van der Waals surface area contributed by atoms with E-state index >= 15 is 0 Å². The van der Waals surface area contributed by atoms with Crippen LogP contribution in [0.2, 0.25) is 0 Å². The highest BCUT2D eigenvalue weighted by Crippen LogP contribution is 2.22. The van der Waals surface area contributed by atoms with Gasteiger partial charge in [0.25, 0.3) is 0 Å². The number of thiazole rings is 1. The first kappa shape index (κ1) is 8.52. The third-order valence-electron chi connectivity index (χ3n) is 1.57. The van der Waals surface area contributed by atoms with Crippen LogP contribution in [0, 0.1) is 11.6 Å². The smallest absolute Gasteiger partial charge is 0.130 e. The molecule has 0 aromatic carbocycles. The minimum absolute atomic E-state index is 0.597. The van der Waals surface area contributed by atoms with Crippen molar-refractivity contribution in [1.82, 2.24) is 15.0 Å². The standard InChI is InChI=1S/C8H7N3S2/c1-5-9-3-7(13-5)6-2-8(12)11-4-10-6/h2-4H,1H3,(H,10,11,12). The fourth-order valence-corrected chi connectivity index (χ4v) is 1.92. The van der Waals surface area contributed by atoms with Crippen molar-refractivity contribution in [2.75, 3.05) is 0 Å². The van der Waals surface area contributed by atoms with Gasteiger partial charge in [0.1, 0.15) is 4.64 Å². The second kappa shape index (κ2) is 3.35.